The van der Waals surface area contributed by atoms with Crippen molar-refractivity contribution in [2.45, 2.75) is 39.7 Å². The topological polar surface area (TPSA) is 42.4 Å². The minimum absolute atomic E-state index is 0.103. The summed E-state index contributed by atoms with van der Waals surface area (Å²) in [6.45, 7) is 8.40. The summed E-state index contributed by atoms with van der Waals surface area (Å²) in [5.41, 5.74) is 3.01. The van der Waals surface area contributed by atoms with Crippen LogP contribution in [0.25, 0.3) is 0 Å². The van der Waals surface area contributed by atoms with Gasteiger partial charge in [0, 0.05) is 17.8 Å². The summed E-state index contributed by atoms with van der Waals surface area (Å²) in [7, 11) is 0. The number of aliphatic hydroxyl groups excluding tert-OH is 1. The quantitative estimate of drug-likeness (QED) is 0.899. The normalized spacial score (nSPS) is 11.5. The molecule has 112 valence electrons. The Bertz CT molecular complexity index is 648. The largest absolute Gasteiger partial charge is 0.439 e. The SMILES string of the molecule is Cc1cc(C(C)(C)C)ccc1Oc1cc(CO)c(Cl)cn1. The third-order valence-electron chi connectivity index (χ3n) is 3.34. The first kappa shape index (κ1) is 15.8. The number of aryl methyl sites for hydroxylation is 1. The molecule has 0 aliphatic rings. The number of benzene rings is 1. The smallest absolute Gasteiger partial charge is 0.219 e. The van der Waals surface area contributed by atoms with E-state index < -0.39 is 0 Å². The molecule has 0 saturated carbocycles. The van der Waals surface area contributed by atoms with Gasteiger partial charge in [-0.1, -0.05) is 44.5 Å². The Morgan fingerprint density at radius 3 is 2.52 bits per heavy atom. The van der Waals surface area contributed by atoms with E-state index in [1.807, 2.05) is 13.0 Å². The second kappa shape index (κ2) is 6.04. The molecular formula is C17H20ClNO2. The van der Waals surface area contributed by atoms with Crippen LogP contribution in [-0.2, 0) is 12.0 Å². The Balaban J connectivity index is 2.28. The third-order valence-corrected chi connectivity index (χ3v) is 3.68. The Kier molecular flexibility index (Phi) is 4.55. The molecular weight excluding hydrogens is 286 g/mol. The van der Waals surface area contributed by atoms with Crippen LogP contribution in [0.1, 0.15) is 37.5 Å². The van der Waals surface area contributed by atoms with Crippen LogP contribution in [0.3, 0.4) is 0 Å². The van der Waals surface area contributed by atoms with Crippen LogP contribution in [-0.4, -0.2) is 10.1 Å². The predicted octanol–water partition coefficient (Wildman–Crippen LogP) is 4.63. The molecule has 0 aliphatic heterocycles. The van der Waals surface area contributed by atoms with Crippen molar-refractivity contribution in [2.24, 2.45) is 0 Å². The molecule has 21 heavy (non-hydrogen) atoms. The van der Waals surface area contributed by atoms with Crippen LogP contribution in [0.15, 0.2) is 30.5 Å². The number of halogens is 1. The maximum Gasteiger partial charge on any atom is 0.219 e. The van der Waals surface area contributed by atoms with E-state index >= 15 is 0 Å². The van der Waals surface area contributed by atoms with Gasteiger partial charge in [-0.15, -0.1) is 0 Å². The van der Waals surface area contributed by atoms with Crippen molar-refractivity contribution >= 4 is 11.6 Å². The second-order valence-corrected chi connectivity index (χ2v) is 6.51. The van der Waals surface area contributed by atoms with Gasteiger partial charge >= 0.3 is 0 Å². The number of nitrogens with zero attached hydrogens (tertiary/aromatic N) is 1. The Morgan fingerprint density at radius 1 is 1.24 bits per heavy atom. The number of ether oxygens (including phenoxy) is 1. The molecule has 0 atom stereocenters. The van der Waals surface area contributed by atoms with E-state index in [1.165, 1.54) is 11.8 Å². The molecule has 0 aliphatic carbocycles. The Labute approximate surface area is 130 Å². The summed E-state index contributed by atoms with van der Waals surface area (Å²) in [6, 6.07) is 7.79. The van der Waals surface area contributed by atoms with Gasteiger partial charge in [-0.2, -0.15) is 0 Å². The molecule has 3 nitrogen and oxygen atoms in total. The highest BCUT2D eigenvalue weighted by atomic mass is 35.5. The van der Waals surface area contributed by atoms with E-state index in [2.05, 4.69) is 37.9 Å². The molecule has 0 saturated heterocycles. The lowest BCUT2D eigenvalue weighted by Crippen LogP contribution is -2.11. The van der Waals surface area contributed by atoms with Crippen LogP contribution in [0.2, 0.25) is 5.02 Å². The standard InChI is InChI=1S/C17H20ClNO2/c1-11-7-13(17(2,3)4)5-6-15(11)21-16-8-12(10-20)14(18)9-19-16/h5-9,20H,10H2,1-4H3. The van der Waals surface area contributed by atoms with Crippen LogP contribution < -0.4 is 4.74 Å². The number of hydrogen-bond donors (Lipinski definition) is 1. The zero-order valence-electron chi connectivity index (χ0n) is 12.8. The van der Waals surface area contributed by atoms with E-state index in [-0.39, 0.29) is 12.0 Å². The van der Waals surface area contributed by atoms with E-state index in [4.69, 9.17) is 16.3 Å². The third kappa shape index (κ3) is 3.74. The molecule has 2 rings (SSSR count). The molecule has 0 amide bonds. The van der Waals surface area contributed by atoms with Gasteiger partial charge in [0.25, 0.3) is 0 Å². The lowest BCUT2D eigenvalue weighted by atomic mass is 9.86. The summed E-state index contributed by atoms with van der Waals surface area (Å²) < 4.78 is 5.79. The van der Waals surface area contributed by atoms with Crippen molar-refractivity contribution in [1.29, 1.82) is 0 Å². The molecule has 1 heterocycles. The molecule has 2 aromatic rings. The monoisotopic (exact) mass is 305 g/mol. The maximum atomic E-state index is 9.22. The van der Waals surface area contributed by atoms with Gasteiger partial charge in [-0.25, -0.2) is 4.98 Å². The first-order valence-electron chi connectivity index (χ1n) is 6.85. The van der Waals surface area contributed by atoms with Gasteiger partial charge in [0.15, 0.2) is 0 Å². The molecule has 1 aromatic heterocycles. The van der Waals surface area contributed by atoms with Crippen molar-refractivity contribution in [2.75, 3.05) is 0 Å². The number of pyridine rings is 1. The average Bonchev–Trinajstić information content (AvgIpc) is 2.42. The zero-order valence-corrected chi connectivity index (χ0v) is 13.5. The van der Waals surface area contributed by atoms with E-state index in [0.717, 1.165) is 11.3 Å². The van der Waals surface area contributed by atoms with E-state index in [1.54, 1.807) is 6.07 Å². The molecule has 0 radical (unpaired) electrons. The minimum atomic E-state index is -0.139. The molecule has 1 aromatic carbocycles. The molecule has 0 unspecified atom stereocenters. The second-order valence-electron chi connectivity index (χ2n) is 6.10. The van der Waals surface area contributed by atoms with Crippen molar-refractivity contribution in [3.63, 3.8) is 0 Å². The molecule has 4 heteroatoms. The van der Waals surface area contributed by atoms with Gasteiger partial charge in [-0.3, -0.25) is 0 Å². The van der Waals surface area contributed by atoms with Crippen molar-refractivity contribution in [3.8, 4) is 11.6 Å². The fraction of sp³-hybridized carbons (Fsp3) is 0.353. The van der Waals surface area contributed by atoms with Gasteiger partial charge in [0.1, 0.15) is 5.75 Å². The summed E-state index contributed by atoms with van der Waals surface area (Å²) in [4.78, 5) is 4.13. The Hall–Kier alpha value is -1.58. The zero-order chi connectivity index (χ0) is 15.6. The number of hydrogen-bond acceptors (Lipinski definition) is 3. The molecule has 0 fully saturated rings. The van der Waals surface area contributed by atoms with E-state index in [9.17, 15) is 5.11 Å². The fourth-order valence-corrected chi connectivity index (χ4v) is 2.14. The van der Waals surface area contributed by atoms with Crippen LogP contribution >= 0.6 is 11.6 Å². The predicted molar refractivity (Wildman–Crippen MR) is 85.1 cm³/mol. The van der Waals surface area contributed by atoms with Crippen LogP contribution in [0.5, 0.6) is 11.6 Å². The fourth-order valence-electron chi connectivity index (χ4n) is 1.98. The first-order valence-corrected chi connectivity index (χ1v) is 7.23. The van der Waals surface area contributed by atoms with Gasteiger partial charge < -0.3 is 9.84 Å². The maximum absolute atomic E-state index is 9.22. The van der Waals surface area contributed by atoms with Gasteiger partial charge in [0.05, 0.1) is 11.6 Å². The van der Waals surface area contributed by atoms with Crippen molar-refractivity contribution in [1.82, 2.24) is 4.98 Å². The molecule has 0 spiro atoms. The Morgan fingerprint density at radius 2 is 1.95 bits per heavy atom. The van der Waals surface area contributed by atoms with E-state index in [0.29, 0.717) is 16.5 Å². The summed E-state index contributed by atoms with van der Waals surface area (Å²) >= 11 is 5.92. The molecule has 0 bridgehead atoms. The average molecular weight is 306 g/mol. The van der Waals surface area contributed by atoms with Crippen molar-refractivity contribution in [3.05, 3.63) is 52.2 Å². The van der Waals surface area contributed by atoms with Gasteiger partial charge in [-0.05, 0) is 29.5 Å². The van der Waals surface area contributed by atoms with Crippen molar-refractivity contribution < 1.29 is 9.84 Å². The first-order chi connectivity index (χ1) is 9.81. The van der Waals surface area contributed by atoms with Crippen LogP contribution in [0, 0.1) is 6.92 Å². The summed E-state index contributed by atoms with van der Waals surface area (Å²) in [6.07, 6.45) is 1.49. The molecule has 1 N–H and O–H groups in total. The number of aliphatic hydroxyl groups is 1. The number of rotatable bonds is 3. The summed E-state index contributed by atoms with van der Waals surface area (Å²) in [5, 5.41) is 9.66. The number of aromatic nitrogens is 1. The van der Waals surface area contributed by atoms with Gasteiger partial charge in [0.2, 0.25) is 5.88 Å². The van der Waals surface area contributed by atoms with Crippen LogP contribution in [0.4, 0.5) is 0 Å². The minimum Gasteiger partial charge on any atom is -0.439 e. The highest BCUT2D eigenvalue weighted by Gasteiger charge is 2.15. The lowest BCUT2D eigenvalue weighted by Gasteiger charge is -2.20. The highest BCUT2D eigenvalue weighted by molar-refractivity contribution is 6.31. The summed E-state index contributed by atoms with van der Waals surface area (Å²) in [5.74, 6) is 1.18. The highest BCUT2D eigenvalue weighted by Crippen LogP contribution is 2.30. The lowest BCUT2D eigenvalue weighted by molar-refractivity contribution is 0.281.